The van der Waals surface area contributed by atoms with E-state index in [0.29, 0.717) is 139 Å². The van der Waals surface area contributed by atoms with Gasteiger partial charge in [0.2, 0.25) is 0 Å². The summed E-state index contributed by atoms with van der Waals surface area (Å²) in [6.45, 7) is 16.0. The second-order valence-electron chi connectivity index (χ2n) is 11.5. The van der Waals surface area contributed by atoms with Gasteiger partial charge in [-0.05, 0) is 30.5 Å². The third kappa shape index (κ3) is 34.9. The molecule has 0 N–H and O–H groups in total. The zero-order chi connectivity index (χ0) is 37.3. The fourth-order valence-corrected chi connectivity index (χ4v) is 4.42. The number of rotatable bonds is 42. The van der Waals surface area contributed by atoms with E-state index < -0.39 is 5.97 Å². The van der Waals surface area contributed by atoms with Gasteiger partial charge in [0.1, 0.15) is 19.0 Å². The molecule has 13 nitrogen and oxygen atoms in total. The Labute approximate surface area is 312 Å². The van der Waals surface area contributed by atoms with E-state index in [4.69, 9.17) is 56.8 Å². The van der Waals surface area contributed by atoms with Crippen LogP contribution in [0.4, 0.5) is 0 Å². The van der Waals surface area contributed by atoms with Crippen molar-refractivity contribution in [3.63, 3.8) is 0 Å². The second-order valence-corrected chi connectivity index (χ2v) is 11.5. The minimum Gasteiger partial charge on any atom is -0.491 e. The van der Waals surface area contributed by atoms with Gasteiger partial charge in [-0.2, -0.15) is 0 Å². The Morgan fingerprint density at radius 3 is 1.15 bits per heavy atom. The highest BCUT2D eigenvalue weighted by Gasteiger charge is 2.00. The molecule has 0 aromatic heterocycles. The molecule has 0 atom stereocenters. The first-order chi connectivity index (χ1) is 25.8. The molecule has 1 aromatic carbocycles. The molecule has 52 heavy (non-hydrogen) atoms. The number of carbonyl (C=O) groups excluding carboxylic acids is 1. The first kappa shape index (κ1) is 47.9. The maximum Gasteiger partial charge on any atom is 0.330 e. The van der Waals surface area contributed by atoms with Gasteiger partial charge in [-0.1, -0.05) is 57.7 Å². The summed E-state index contributed by atoms with van der Waals surface area (Å²) in [5.41, 5.74) is 1.37. The quantitative estimate of drug-likeness (QED) is 0.0514. The number of benzene rings is 1. The monoisotopic (exact) mass is 744 g/mol. The van der Waals surface area contributed by atoms with Gasteiger partial charge in [0.05, 0.1) is 132 Å². The zero-order valence-electron chi connectivity index (χ0n) is 31.9. The molecule has 0 fully saturated rings. The lowest BCUT2D eigenvalue weighted by Crippen LogP contribution is -2.15. The van der Waals surface area contributed by atoms with Crippen molar-refractivity contribution in [3.8, 4) is 5.75 Å². The summed E-state index contributed by atoms with van der Waals surface area (Å²) in [5, 5.41) is 0. The average Bonchev–Trinajstić information content (AvgIpc) is 3.16. The van der Waals surface area contributed by atoms with Gasteiger partial charge in [0.25, 0.3) is 0 Å². The Kier molecular flexibility index (Phi) is 36.8. The van der Waals surface area contributed by atoms with Gasteiger partial charge in [0.15, 0.2) is 0 Å². The van der Waals surface area contributed by atoms with Crippen LogP contribution in [-0.2, 0) is 63.3 Å². The molecule has 0 spiro atoms. The van der Waals surface area contributed by atoms with Crippen molar-refractivity contribution >= 4 is 5.97 Å². The second kappa shape index (κ2) is 40.0. The largest absolute Gasteiger partial charge is 0.491 e. The van der Waals surface area contributed by atoms with Gasteiger partial charge in [-0.3, -0.25) is 0 Å². The van der Waals surface area contributed by atoms with Crippen LogP contribution in [-0.4, -0.2) is 151 Å². The Balaban J connectivity index is 1.68. The lowest BCUT2D eigenvalue weighted by Gasteiger charge is -2.09. The Bertz CT molecular complexity index is 887. The van der Waals surface area contributed by atoms with E-state index in [1.165, 1.54) is 44.1 Å². The van der Waals surface area contributed by atoms with E-state index in [9.17, 15) is 4.79 Å². The first-order valence-electron chi connectivity index (χ1n) is 19.0. The topological polar surface area (TPSA) is 128 Å². The van der Waals surface area contributed by atoms with Crippen LogP contribution in [0, 0.1) is 0 Å². The number of esters is 1. The third-order valence-electron chi connectivity index (χ3n) is 7.23. The summed E-state index contributed by atoms with van der Waals surface area (Å²) < 4.78 is 65.3. The minimum absolute atomic E-state index is 0.198. The van der Waals surface area contributed by atoms with Crippen LogP contribution in [0.3, 0.4) is 0 Å². The maximum atomic E-state index is 10.9. The summed E-state index contributed by atoms with van der Waals surface area (Å²) in [6.07, 6.45) is 10.2. The van der Waals surface area contributed by atoms with Crippen LogP contribution >= 0.6 is 0 Å². The van der Waals surface area contributed by atoms with Crippen LogP contribution in [0.5, 0.6) is 5.75 Å². The third-order valence-corrected chi connectivity index (χ3v) is 7.23. The molecular weight excluding hydrogens is 676 g/mol. The Hall–Kier alpha value is -2.17. The summed E-state index contributed by atoms with van der Waals surface area (Å²) in [7, 11) is 0. The number of carbonyl (C=O) groups is 1. The molecule has 0 radical (unpaired) electrons. The standard InChI is InChI=1S/C39H68O13/c1-3-5-6-7-8-9-10-37-11-13-38(14-12-37)51-35-33-49-31-29-47-27-25-45-23-21-43-19-17-41-15-16-42-18-20-44-22-24-46-26-28-48-30-32-50-34-36-52-39(40)4-2/h4,11-14H,2-3,5-10,15-36H2,1H3. The summed E-state index contributed by atoms with van der Waals surface area (Å²) in [4.78, 5) is 10.9. The predicted octanol–water partition coefficient (Wildman–Crippen LogP) is 4.86. The van der Waals surface area contributed by atoms with Crippen LogP contribution in [0.15, 0.2) is 36.9 Å². The van der Waals surface area contributed by atoms with Crippen molar-refractivity contribution in [1.29, 1.82) is 0 Å². The van der Waals surface area contributed by atoms with Gasteiger partial charge < -0.3 is 56.8 Å². The highest BCUT2D eigenvalue weighted by molar-refractivity contribution is 5.81. The van der Waals surface area contributed by atoms with E-state index in [1.54, 1.807) is 0 Å². The number of hydrogen-bond donors (Lipinski definition) is 0. The fourth-order valence-electron chi connectivity index (χ4n) is 4.42. The molecule has 0 saturated carbocycles. The van der Waals surface area contributed by atoms with Gasteiger partial charge in [0, 0.05) is 6.08 Å². The predicted molar refractivity (Wildman–Crippen MR) is 198 cm³/mol. The summed E-state index contributed by atoms with van der Waals surface area (Å²) in [5.74, 6) is 0.423. The summed E-state index contributed by atoms with van der Waals surface area (Å²) in [6, 6.07) is 8.42. The Morgan fingerprint density at radius 2 is 0.788 bits per heavy atom. The van der Waals surface area contributed by atoms with E-state index in [0.717, 1.165) is 18.2 Å². The van der Waals surface area contributed by atoms with Crippen LogP contribution in [0.25, 0.3) is 0 Å². The molecule has 1 rings (SSSR count). The maximum absolute atomic E-state index is 10.9. The molecule has 0 unspecified atom stereocenters. The lowest BCUT2D eigenvalue weighted by atomic mass is 10.0. The summed E-state index contributed by atoms with van der Waals surface area (Å²) >= 11 is 0. The highest BCUT2D eigenvalue weighted by Crippen LogP contribution is 2.15. The van der Waals surface area contributed by atoms with Gasteiger partial charge in [-0.25, -0.2) is 4.79 Å². The molecule has 1 aromatic rings. The molecule has 0 amide bonds. The molecule has 302 valence electrons. The molecule has 0 saturated heterocycles. The molecular formula is C39H68O13. The first-order valence-corrected chi connectivity index (χ1v) is 19.0. The van der Waals surface area contributed by atoms with E-state index >= 15 is 0 Å². The van der Waals surface area contributed by atoms with Crippen molar-refractivity contribution in [2.24, 2.45) is 0 Å². The van der Waals surface area contributed by atoms with Crippen molar-refractivity contribution in [2.75, 3.05) is 145 Å². The minimum atomic E-state index is -0.458. The highest BCUT2D eigenvalue weighted by atomic mass is 16.6. The molecule has 0 aliphatic heterocycles. The number of ether oxygens (including phenoxy) is 12. The van der Waals surface area contributed by atoms with Crippen molar-refractivity contribution in [3.05, 3.63) is 42.5 Å². The van der Waals surface area contributed by atoms with Crippen molar-refractivity contribution < 1.29 is 61.6 Å². The number of aryl methyl sites for hydroxylation is 1. The molecule has 0 heterocycles. The SMILES string of the molecule is C=CC(=O)OCCOCCOCCOCCOCCOCCOCCOCCOCCOCCOCCOc1ccc(CCCCCCCC)cc1. The van der Waals surface area contributed by atoms with E-state index in [1.807, 2.05) is 12.1 Å². The van der Waals surface area contributed by atoms with Gasteiger partial charge >= 0.3 is 5.97 Å². The Morgan fingerprint density at radius 1 is 0.462 bits per heavy atom. The van der Waals surface area contributed by atoms with Crippen molar-refractivity contribution in [1.82, 2.24) is 0 Å². The van der Waals surface area contributed by atoms with Crippen molar-refractivity contribution in [2.45, 2.75) is 51.9 Å². The number of unbranched alkanes of at least 4 members (excludes halogenated alkanes) is 5. The van der Waals surface area contributed by atoms with E-state index in [-0.39, 0.29) is 6.61 Å². The van der Waals surface area contributed by atoms with E-state index in [2.05, 4.69) is 25.6 Å². The molecule has 13 heteroatoms. The average molecular weight is 745 g/mol. The molecule has 0 bridgehead atoms. The molecule has 0 aliphatic carbocycles. The van der Waals surface area contributed by atoms with Crippen LogP contribution < -0.4 is 4.74 Å². The van der Waals surface area contributed by atoms with Crippen LogP contribution in [0.2, 0.25) is 0 Å². The molecule has 0 aliphatic rings. The number of hydrogen-bond acceptors (Lipinski definition) is 13. The fraction of sp³-hybridized carbons (Fsp3) is 0.769. The zero-order valence-corrected chi connectivity index (χ0v) is 31.9. The van der Waals surface area contributed by atoms with Gasteiger partial charge in [-0.15, -0.1) is 0 Å². The lowest BCUT2D eigenvalue weighted by molar-refractivity contribution is -0.139. The normalized spacial score (nSPS) is 11.2. The van der Waals surface area contributed by atoms with Crippen LogP contribution in [0.1, 0.15) is 51.0 Å². The smallest absolute Gasteiger partial charge is 0.330 e.